The molecule has 0 atom stereocenters. The Balaban J connectivity index is 1.33. The van der Waals surface area contributed by atoms with E-state index in [-0.39, 0.29) is 5.91 Å². The number of carbonyl (C=O) groups is 1. The number of hydrogen-bond acceptors (Lipinski definition) is 7. The van der Waals surface area contributed by atoms with E-state index in [2.05, 4.69) is 19.0 Å². The van der Waals surface area contributed by atoms with Crippen molar-refractivity contribution in [3.8, 4) is 0 Å². The first kappa shape index (κ1) is 16.1. The molecule has 0 saturated carbocycles. The minimum Gasteiger partial charge on any atom is -0.463 e. The molecule has 0 unspecified atom stereocenters. The summed E-state index contributed by atoms with van der Waals surface area (Å²) in [4.78, 5) is 17.9. The average Bonchev–Trinajstić information content (AvgIpc) is 3.40. The van der Waals surface area contributed by atoms with Crippen LogP contribution in [0.3, 0.4) is 0 Å². The van der Waals surface area contributed by atoms with Gasteiger partial charge in [-0.3, -0.25) is 10.1 Å². The fourth-order valence-electron chi connectivity index (χ4n) is 2.90. The number of amides is 1. The molecule has 8 heteroatoms. The van der Waals surface area contributed by atoms with Crippen LogP contribution < -0.4 is 5.32 Å². The largest absolute Gasteiger partial charge is 0.463 e. The van der Waals surface area contributed by atoms with Gasteiger partial charge in [-0.05, 0) is 23.8 Å². The topological polar surface area (TPSA) is 80.9 Å². The lowest BCUT2D eigenvalue weighted by Gasteiger charge is -1.99. The highest BCUT2D eigenvalue weighted by atomic mass is 32.1. The second-order valence-electron chi connectivity index (χ2n) is 6.00. The standard InChI is InChI=1S/C19H12N4O2S2/c24-18(14-10-25-17-4-2-1-3-13(14)17)21-19-20-9-12(26-19)7-11-5-6-15-16(8-11)23-27-22-15/h1-6,8-10H,7H2,(H,20,21,24). The number of thiazole rings is 1. The molecule has 0 aliphatic carbocycles. The van der Waals surface area contributed by atoms with Crippen LogP contribution in [-0.2, 0) is 6.42 Å². The van der Waals surface area contributed by atoms with Gasteiger partial charge in [-0.25, -0.2) is 4.98 Å². The predicted molar refractivity (Wildman–Crippen MR) is 107 cm³/mol. The fourth-order valence-corrected chi connectivity index (χ4v) is 4.26. The number of nitrogens with zero attached hydrogens (tertiary/aromatic N) is 3. The Labute approximate surface area is 161 Å². The summed E-state index contributed by atoms with van der Waals surface area (Å²) < 4.78 is 13.9. The quantitative estimate of drug-likeness (QED) is 0.478. The maximum absolute atomic E-state index is 12.6. The number of hydrogen-bond donors (Lipinski definition) is 1. The first-order valence-corrected chi connectivity index (χ1v) is 9.74. The number of para-hydroxylation sites is 1. The van der Waals surface area contributed by atoms with Crippen LogP contribution in [0.25, 0.3) is 22.0 Å². The second-order valence-corrected chi connectivity index (χ2v) is 7.64. The number of fused-ring (bicyclic) bond motifs is 2. The van der Waals surface area contributed by atoms with E-state index in [1.54, 1.807) is 6.20 Å². The Kier molecular flexibility index (Phi) is 3.92. The first-order valence-electron chi connectivity index (χ1n) is 8.20. The van der Waals surface area contributed by atoms with Crippen molar-refractivity contribution in [1.29, 1.82) is 0 Å². The van der Waals surface area contributed by atoms with Crippen molar-refractivity contribution in [2.24, 2.45) is 0 Å². The van der Waals surface area contributed by atoms with Gasteiger partial charge in [0.05, 0.1) is 17.3 Å². The molecule has 3 aromatic heterocycles. The molecule has 2 aromatic carbocycles. The van der Waals surface area contributed by atoms with E-state index in [1.807, 2.05) is 42.5 Å². The van der Waals surface area contributed by atoms with Gasteiger partial charge in [-0.2, -0.15) is 8.75 Å². The third-order valence-electron chi connectivity index (χ3n) is 4.20. The Morgan fingerprint density at radius 2 is 2.00 bits per heavy atom. The molecule has 0 aliphatic rings. The summed E-state index contributed by atoms with van der Waals surface area (Å²) in [6.45, 7) is 0. The van der Waals surface area contributed by atoms with E-state index in [0.717, 1.165) is 33.3 Å². The molecular formula is C19H12N4O2S2. The molecule has 3 heterocycles. The minimum atomic E-state index is -0.226. The van der Waals surface area contributed by atoms with Crippen molar-refractivity contribution in [1.82, 2.24) is 13.7 Å². The molecule has 0 aliphatic heterocycles. The summed E-state index contributed by atoms with van der Waals surface area (Å²) in [6.07, 6.45) is 4.00. The summed E-state index contributed by atoms with van der Waals surface area (Å²) in [5.74, 6) is -0.226. The van der Waals surface area contributed by atoms with Crippen LogP contribution in [0.1, 0.15) is 20.8 Å². The lowest BCUT2D eigenvalue weighted by molar-refractivity contribution is 0.102. The van der Waals surface area contributed by atoms with Crippen molar-refractivity contribution in [2.45, 2.75) is 6.42 Å². The van der Waals surface area contributed by atoms with Crippen molar-refractivity contribution >= 4 is 56.1 Å². The van der Waals surface area contributed by atoms with Gasteiger partial charge in [0, 0.05) is 22.9 Å². The van der Waals surface area contributed by atoms with E-state index < -0.39 is 0 Å². The molecule has 6 nitrogen and oxygen atoms in total. The summed E-state index contributed by atoms with van der Waals surface area (Å²) in [7, 11) is 0. The molecule has 5 aromatic rings. The molecule has 5 rings (SSSR count). The average molecular weight is 392 g/mol. The highest BCUT2D eigenvalue weighted by molar-refractivity contribution is 7.15. The molecule has 0 fully saturated rings. The van der Waals surface area contributed by atoms with Gasteiger partial charge in [-0.1, -0.05) is 24.3 Å². The third kappa shape index (κ3) is 3.09. The normalized spacial score (nSPS) is 11.3. The first-order chi connectivity index (χ1) is 13.3. The summed E-state index contributed by atoms with van der Waals surface area (Å²) in [5.41, 5.74) is 4.14. The molecule has 27 heavy (non-hydrogen) atoms. The highest BCUT2D eigenvalue weighted by Gasteiger charge is 2.15. The van der Waals surface area contributed by atoms with Gasteiger partial charge < -0.3 is 4.42 Å². The van der Waals surface area contributed by atoms with Crippen molar-refractivity contribution in [2.75, 3.05) is 5.32 Å². The number of carbonyl (C=O) groups excluding carboxylic acids is 1. The number of aromatic nitrogens is 3. The van der Waals surface area contributed by atoms with Gasteiger partial charge in [0.15, 0.2) is 5.13 Å². The van der Waals surface area contributed by atoms with Crippen molar-refractivity contribution in [3.05, 3.63) is 70.9 Å². The van der Waals surface area contributed by atoms with Crippen LogP contribution >= 0.6 is 23.1 Å². The third-order valence-corrected chi connectivity index (χ3v) is 5.67. The number of rotatable bonds is 4. The number of nitrogens with one attached hydrogen (secondary N) is 1. The lowest BCUT2D eigenvalue weighted by atomic mass is 10.1. The Morgan fingerprint density at radius 1 is 1.11 bits per heavy atom. The van der Waals surface area contributed by atoms with Crippen LogP contribution in [0.5, 0.6) is 0 Å². The zero-order valence-corrected chi connectivity index (χ0v) is 15.5. The monoisotopic (exact) mass is 392 g/mol. The second kappa shape index (κ2) is 6.57. The number of benzene rings is 2. The summed E-state index contributed by atoms with van der Waals surface area (Å²) in [6, 6.07) is 13.5. The number of anilines is 1. The van der Waals surface area contributed by atoms with Crippen LogP contribution in [0.4, 0.5) is 5.13 Å². The van der Waals surface area contributed by atoms with Gasteiger partial charge in [0.25, 0.3) is 5.91 Å². The number of furan rings is 1. The molecular weight excluding hydrogens is 380 g/mol. The van der Waals surface area contributed by atoms with Crippen molar-refractivity contribution in [3.63, 3.8) is 0 Å². The van der Waals surface area contributed by atoms with Crippen LogP contribution in [-0.4, -0.2) is 19.6 Å². The predicted octanol–water partition coefficient (Wildman–Crippen LogP) is 4.74. The Morgan fingerprint density at radius 3 is 2.96 bits per heavy atom. The Bertz CT molecular complexity index is 1270. The molecule has 0 saturated heterocycles. The smallest absolute Gasteiger partial charge is 0.261 e. The maximum Gasteiger partial charge on any atom is 0.261 e. The SMILES string of the molecule is O=C(Nc1ncc(Cc2ccc3nsnc3c2)s1)c1coc2ccccc12. The van der Waals surface area contributed by atoms with Gasteiger partial charge in [-0.15, -0.1) is 11.3 Å². The van der Waals surface area contributed by atoms with Gasteiger partial charge >= 0.3 is 0 Å². The Hall–Kier alpha value is -3.10. The van der Waals surface area contributed by atoms with E-state index in [0.29, 0.717) is 16.3 Å². The van der Waals surface area contributed by atoms with E-state index in [1.165, 1.54) is 29.3 Å². The van der Waals surface area contributed by atoms with Crippen LogP contribution in [0.15, 0.2) is 59.3 Å². The van der Waals surface area contributed by atoms with Gasteiger partial charge in [0.2, 0.25) is 0 Å². The maximum atomic E-state index is 12.6. The molecule has 1 N–H and O–H groups in total. The zero-order chi connectivity index (χ0) is 18.2. The van der Waals surface area contributed by atoms with E-state index in [9.17, 15) is 4.79 Å². The minimum absolute atomic E-state index is 0.226. The molecule has 1 amide bonds. The van der Waals surface area contributed by atoms with E-state index in [4.69, 9.17) is 4.42 Å². The lowest BCUT2D eigenvalue weighted by Crippen LogP contribution is -2.10. The molecule has 0 spiro atoms. The zero-order valence-electron chi connectivity index (χ0n) is 13.9. The van der Waals surface area contributed by atoms with Gasteiger partial charge in [0.1, 0.15) is 22.9 Å². The molecule has 0 radical (unpaired) electrons. The van der Waals surface area contributed by atoms with Crippen LogP contribution in [0.2, 0.25) is 0 Å². The van der Waals surface area contributed by atoms with Crippen LogP contribution in [0, 0.1) is 0 Å². The van der Waals surface area contributed by atoms with E-state index >= 15 is 0 Å². The summed E-state index contributed by atoms with van der Waals surface area (Å²) in [5, 5.41) is 4.21. The fraction of sp³-hybridized carbons (Fsp3) is 0.0526. The highest BCUT2D eigenvalue weighted by Crippen LogP contribution is 2.25. The van der Waals surface area contributed by atoms with Crippen molar-refractivity contribution < 1.29 is 9.21 Å². The summed E-state index contributed by atoms with van der Waals surface area (Å²) >= 11 is 2.67. The molecule has 132 valence electrons. The molecule has 0 bridgehead atoms.